The van der Waals surface area contributed by atoms with Gasteiger partial charge in [-0.05, 0) is 36.8 Å². The van der Waals surface area contributed by atoms with Gasteiger partial charge >= 0.3 is 0 Å². The van der Waals surface area contributed by atoms with Crippen LogP contribution in [0.5, 0.6) is 5.75 Å². The standard InChI is InChI=1S/C16H14N4O/c1-11(12-6-8-14(21)9-7-12)18-20-16-15-5-3-2-4-13(15)10-17-19-16/h2-10,21H,1H3,(H,19,20)/b18-11-. The van der Waals surface area contributed by atoms with E-state index in [-0.39, 0.29) is 5.75 Å². The Labute approximate surface area is 122 Å². The zero-order valence-corrected chi connectivity index (χ0v) is 11.5. The highest BCUT2D eigenvalue weighted by molar-refractivity contribution is 5.99. The molecule has 0 atom stereocenters. The first-order chi connectivity index (χ1) is 10.2. The van der Waals surface area contributed by atoms with E-state index < -0.39 is 0 Å². The van der Waals surface area contributed by atoms with Gasteiger partial charge in [-0.2, -0.15) is 10.2 Å². The second-order valence-electron chi connectivity index (χ2n) is 4.64. The zero-order chi connectivity index (χ0) is 14.7. The maximum absolute atomic E-state index is 9.29. The molecule has 0 aliphatic carbocycles. The molecular weight excluding hydrogens is 264 g/mol. The smallest absolute Gasteiger partial charge is 0.176 e. The van der Waals surface area contributed by atoms with Gasteiger partial charge in [0.15, 0.2) is 5.82 Å². The van der Waals surface area contributed by atoms with E-state index in [9.17, 15) is 5.11 Å². The van der Waals surface area contributed by atoms with Crippen molar-refractivity contribution in [3.8, 4) is 5.75 Å². The summed E-state index contributed by atoms with van der Waals surface area (Å²) in [4.78, 5) is 0. The fourth-order valence-corrected chi connectivity index (χ4v) is 2.01. The van der Waals surface area contributed by atoms with Gasteiger partial charge in [-0.1, -0.05) is 24.3 Å². The predicted molar refractivity (Wildman–Crippen MR) is 83.5 cm³/mol. The summed E-state index contributed by atoms with van der Waals surface area (Å²) in [5.41, 5.74) is 4.67. The van der Waals surface area contributed by atoms with Crippen LogP contribution in [-0.2, 0) is 0 Å². The molecule has 3 rings (SSSR count). The number of hydrogen-bond donors (Lipinski definition) is 2. The molecule has 2 N–H and O–H groups in total. The van der Waals surface area contributed by atoms with Gasteiger partial charge in [0.2, 0.25) is 0 Å². The Morgan fingerprint density at radius 3 is 2.67 bits per heavy atom. The Hall–Kier alpha value is -2.95. The number of nitrogens with one attached hydrogen (secondary N) is 1. The minimum atomic E-state index is 0.236. The summed E-state index contributed by atoms with van der Waals surface area (Å²) in [6, 6.07) is 14.7. The maximum Gasteiger partial charge on any atom is 0.176 e. The van der Waals surface area contributed by atoms with Crippen LogP contribution in [0, 0.1) is 0 Å². The minimum Gasteiger partial charge on any atom is -0.508 e. The monoisotopic (exact) mass is 278 g/mol. The summed E-state index contributed by atoms with van der Waals surface area (Å²) >= 11 is 0. The highest BCUT2D eigenvalue weighted by Gasteiger charge is 2.02. The molecule has 0 fully saturated rings. The van der Waals surface area contributed by atoms with Gasteiger partial charge < -0.3 is 5.11 Å². The van der Waals surface area contributed by atoms with Crippen molar-refractivity contribution in [2.75, 3.05) is 5.43 Å². The molecule has 0 aliphatic heterocycles. The Kier molecular flexibility index (Phi) is 3.47. The average molecular weight is 278 g/mol. The van der Waals surface area contributed by atoms with Crippen molar-refractivity contribution >= 4 is 22.3 Å². The minimum absolute atomic E-state index is 0.236. The van der Waals surface area contributed by atoms with Crippen molar-refractivity contribution in [3.05, 3.63) is 60.3 Å². The third-order valence-electron chi connectivity index (χ3n) is 3.19. The molecule has 1 heterocycles. The van der Waals surface area contributed by atoms with Gasteiger partial charge in [-0.3, -0.25) is 5.43 Å². The lowest BCUT2D eigenvalue weighted by atomic mass is 10.1. The first-order valence-electron chi connectivity index (χ1n) is 6.54. The Balaban J connectivity index is 1.88. The molecule has 0 radical (unpaired) electrons. The Morgan fingerprint density at radius 2 is 1.86 bits per heavy atom. The molecule has 2 aromatic carbocycles. The van der Waals surface area contributed by atoms with Crippen molar-refractivity contribution in [2.45, 2.75) is 6.92 Å². The summed E-state index contributed by atoms with van der Waals surface area (Å²) in [5.74, 6) is 0.852. The number of rotatable bonds is 3. The van der Waals surface area contributed by atoms with E-state index in [4.69, 9.17) is 0 Å². The van der Waals surface area contributed by atoms with Crippen LogP contribution in [0.3, 0.4) is 0 Å². The van der Waals surface area contributed by atoms with Gasteiger partial charge in [0.05, 0.1) is 11.9 Å². The number of benzene rings is 2. The number of nitrogens with zero attached hydrogens (tertiary/aromatic N) is 3. The van der Waals surface area contributed by atoms with E-state index in [2.05, 4.69) is 20.7 Å². The predicted octanol–water partition coefficient (Wildman–Crippen LogP) is 3.17. The fraction of sp³-hybridized carbons (Fsp3) is 0.0625. The van der Waals surface area contributed by atoms with Gasteiger partial charge in [0, 0.05) is 10.8 Å². The zero-order valence-electron chi connectivity index (χ0n) is 11.5. The van der Waals surface area contributed by atoms with Gasteiger partial charge in [0.1, 0.15) is 5.75 Å². The summed E-state index contributed by atoms with van der Waals surface area (Å²) in [6.07, 6.45) is 1.72. The van der Waals surface area contributed by atoms with Crippen molar-refractivity contribution in [2.24, 2.45) is 5.10 Å². The second-order valence-corrected chi connectivity index (χ2v) is 4.64. The molecule has 0 saturated carbocycles. The maximum atomic E-state index is 9.29. The lowest BCUT2D eigenvalue weighted by molar-refractivity contribution is 0.475. The van der Waals surface area contributed by atoms with Crippen molar-refractivity contribution in [3.63, 3.8) is 0 Å². The highest BCUT2D eigenvalue weighted by atomic mass is 16.3. The van der Waals surface area contributed by atoms with E-state index in [1.54, 1.807) is 18.3 Å². The molecule has 0 unspecified atom stereocenters. The van der Waals surface area contributed by atoms with E-state index >= 15 is 0 Å². The number of phenolic OH excluding ortho intramolecular Hbond substituents is 1. The second kappa shape index (κ2) is 5.58. The number of aromatic hydroxyl groups is 1. The van der Waals surface area contributed by atoms with Crippen LogP contribution >= 0.6 is 0 Å². The average Bonchev–Trinajstić information content (AvgIpc) is 2.53. The molecule has 1 aromatic heterocycles. The van der Waals surface area contributed by atoms with Crippen LogP contribution < -0.4 is 5.43 Å². The molecule has 5 heteroatoms. The molecular formula is C16H14N4O. The Bertz CT molecular complexity index is 791. The quantitative estimate of drug-likeness (QED) is 0.570. The number of aromatic nitrogens is 2. The summed E-state index contributed by atoms with van der Waals surface area (Å²) in [6.45, 7) is 1.89. The largest absolute Gasteiger partial charge is 0.508 e. The summed E-state index contributed by atoms with van der Waals surface area (Å²) in [7, 11) is 0. The molecule has 3 aromatic rings. The van der Waals surface area contributed by atoms with Gasteiger partial charge in [-0.25, -0.2) is 0 Å². The van der Waals surface area contributed by atoms with E-state index in [1.807, 2.05) is 43.3 Å². The third-order valence-corrected chi connectivity index (χ3v) is 3.19. The Morgan fingerprint density at radius 1 is 1.10 bits per heavy atom. The number of hydrogen-bond acceptors (Lipinski definition) is 5. The van der Waals surface area contributed by atoms with Gasteiger partial charge in [-0.15, -0.1) is 5.10 Å². The normalized spacial score (nSPS) is 11.6. The third kappa shape index (κ3) is 2.81. The molecule has 0 spiro atoms. The summed E-state index contributed by atoms with van der Waals surface area (Å²) in [5, 5.41) is 23.6. The SMILES string of the molecule is C/C(=N/Nc1nncc2ccccc12)c1ccc(O)cc1. The molecule has 21 heavy (non-hydrogen) atoms. The number of hydrazone groups is 1. The molecule has 0 bridgehead atoms. The molecule has 0 amide bonds. The van der Waals surface area contributed by atoms with Crippen LogP contribution in [0.2, 0.25) is 0 Å². The van der Waals surface area contributed by atoms with Gasteiger partial charge in [0.25, 0.3) is 0 Å². The lowest BCUT2D eigenvalue weighted by Gasteiger charge is -2.05. The van der Waals surface area contributed by atoms with Crippen LogP contribution in [0.25, 0.3) is 10.8 Å². The van der Waals surface area contributed by atoms with Crippen LogP contribution in [-0.4, -0.2) is 21.0 Å². The number of anilines is 1. The fourth-order valence-electron chi connectivity index (χ4n) is 2.01. The molecule has 0 aliphatic rings. The van der Waals surface area contributed by atoms with E-state index in [0.717, 1.165) is 22.0 Å². The van der Waals surface area contributed by atoms with E-state index in [0.29, 0.717) is 5.82 Å². The van der Waals surface area contributed by atoms with Crippen molar-refractivity contribution in [1.29, 1.82) is 0 Å². The van der Waals surface area contributed by atoms with E-state index in [1.165, 1.54) is 0 Å². The molecule has 5 nitrogen and oxygen atoms in total. The number of phenols is 1. The van der Waals surface area contributed by atoms with Crippen LogP contribution in [0.4, 0.5) is 5.82 Å². The highest BCUT2D eigenvalue weighted by Crippen LogP contribution is 2.19. The van der Waals surface area contributed by atoms with Crippen molar-refractivity contribution < 1.29 is 5.11 Å². The van der Waals surface area contributed by atoms with Crippen molar-refractivity contribution in [1.82, 2.24) is 10.2 Å². The van der Waals surface area contributed by atoms with Crippen LogP contribution in [0.1, 0.15) is 12.5 Å². The molecule has 0 saturated heterocycles. The summed E-state index contributed by atoms with van der Waals surface area (Å²) < 4.78 is 0. The number of fused-ring (bicyclic) bond motifs is 1. The molecule has 104 valence electrons. The topological polar surface area (TPSA) is 70.4 Å². The lowest BCUT2D eigenvalue weighted by Crippen LogP contribution is -2.01. The van der Waals surface area contributed by atoms with Crippen LogP contribution in [0.15, 0.2) is 59.8 Å². The first-order valence-corrected chi connectivity index (χ1v) is 6.54. The first kappa shape index (κ1) is 13.1.